The standard InChI is InChI=1S/C13H14ClNO5/c14-9-1-3-10(4-2-9)20-8-12(16)15-5-6-19-7-11(15)13(17)18/h1-4,11H,5-8H2,(H,17,18)/t11-/m0/s1. The number of carboxylic acid groups (broad SMARTS) is 1. The van der Waals surface area contributed by atoms with Crippen molar-refractivity contribution in [1.82, 2.24) is 4.90 Å². The van der Waals surface area contributed by atoms with Crippen LogP contribution in [0.3, 0.4) is 0 Å². The highest BCUT2D eigenvalue weighted by molar-refractivity contribution is 6.30. The third-order valence-electron chi connectivity index (χ3n) is 2.91. The smallest absolute Gasteiger partial charge is 0.328 e. The van der Waals surface area contributed by atoms with Crippen LogP contribution in [-0.4, -0.2) is 54.3 Å². The topological polar surface area (TPSA) is 76.1 Å². The molecule has 1 saturated heterocycles. The molecule has 0 unspecified atom stereocenters. The van der Waals surface area contributed by atoms with Crippen molar-refractivity contribution < 1.29 is 24.2 Å². The summed E-state index contributed by atoms with van der Waals surface area (Å²) in [5.74, 6) is -0.955. The SMILES string of the molecule is O=C(O)[C@@H]1COCCN1C(=O)COc1ccc(Cl)cc1. The second kappa shape index (κ2) is 6.58. The molecule has 1 aliphatic heterocycles. The van der Waals surface area contributed by atoms with E-state index < -0.39 is 12.0 Å². The van der Waals surface area contributed by atoms with Gasteiger partial charge in [-0.05, 0) is 24.3 Å². The van der Waals surface area contributed by atoms with Crippen molar-refractivity contribution in [3.63, 3.8) is 0 Å². The summed E-state index contributed by atoms with van der Waals surface area (Å²) in [6.45, 7) is 0.365. The van der Waals surface area contributed by atoms with E-state index in [0.29, 0.717) is 17.4 Å². The van der Waals surface area contributed by atoms with Crippen LogP contribution in [0.2, 0.25) is 5.02 Å². The number of morpholine rings is 1. The van der Waals surface area contributed by atoms with Gasteiger partial charge in [-0.25, -0.2) is 4.79 Å². The maximum Gasteiger partial charge on any atom is 0.328 e. The Hall–Kier alpha value is -1.79. The zero-order valence-electron chi connectivity index (χ0n) is 10.6. The molecule has 1 N–H and O–H groups in total. The Morgan fingerprint density at radius 3 is 2.75 bits per heavy atom. The molecule has 0 bridgehead atoms. The summed E-state index contributed by atoms with van der Waals surface area (Å²) < 4.78 is 10.4. The molecule has 20 heavy (non-hydrogen) atoms. The lowest BCUT2D eigenvalue weighted by molar-refractivity contribution is -0.159. The number of benzene rings is 1. The van der Waals surface area contributed by atoms with Crippen LogP contribution in [0.25, 0.3) is 0 Å². The fraction of sp³-hybridized carbons (Fsp3) is 0.385. The van der Waals surface area contributed by atoms with E-state index in [2.05, 4.69) is 0 Å². The Kier molecular flexibility index (Phi) is 4.81. The normalized spacial score (nSPS) is 18.6. The van der Waals surface area contributed by atoms with Gasteiger partial charge in [0.1, 0.15) is 5.75 Å². The molecule has 0 aromatic heterocycles. The predicted molar refractivity (Wildman–Crippen MR) is 70.9 cm³/mol. The number of nitrogens with zero attached hydrogens (tertiary/aromatic N) is 1. The zero-order chi connectivity index (χ0) is 14.5. The van der Waals surface area contributed by atoms with Crippen LogP contribution in [0, 0.1) is 0 Å². The maximum atomic E-state index is 12.0. The third-order valence-corrected chi connectivity index (χ3v) is 3.16. The van der Waals surface area contributed by atoms with Crippen LogP contribution < -0.4 is 4.74 Å². The highest BCUT2D eigenvalue weighted by atomic mass is 35.5. The van der Waals surface area contributed by atoms with E-state index in [-0.39, 0.29) is 25.7 Å². The molecule has 7 heteroatoms. The lowest BCUT2D eigenvalue weighted by Crippen LogP contribution is -2.53. The van der Waals surface area contributed by atoms with Gasteiger partial charge in [0.2, 0.25) is 0 Å². The first-order valence-corrected chi connectivity index (χ1v) is 6.44. The van der Waals surface area contributed by atoms with Gasteiger partial charge >= 0.3 is 5.97 Å². The van der Waals surface area contributed by atoms with Gasteiger partial charge in [-0.15, -0.1) is 0 Å². The summed E-state index contributed by atoms with van der Waals surface area (Å²) in [4.78, 5) is 24.3. The van der Waals surface area contributed by atoms with Crippen LogP contribution >= 0.6 is 11.6 Å². The lowest BCUT2D eigenvalue weighted by Gasteiger charge is -2.32. The predicted octanol–water partition coefficient (Wildman–Crippen LogP) is 1.03. The zero-order valence-corrected chi connectivity index (χ0v) is 11.4. The Balaban J connectivity index is 1.93. The first kappa shape index (κ1) is 14.6. The Morgan fingerprint density at radius 1 is 1.40 bits per heavy atom. The second-order valence-electron chi connectivity index (χ2n) is 4.26. The highest BCUT2D eigenvalue weighted by Crippen LogP contribution is 2.16. The van der Waals surface area contributed by atoms with Gasteiger partial charge in [0, 0.05) is 11.6 Å². The summed E-state index contributed by atoms with van der Waals surface area (Å²) in [5, 5.41) is 9.62. The number of ether oxygens (including phenoxy) is 2. The van der Waals surface area contributed by atoms with Crippen molar-refractivity contribution in [2.75, 3.05) is 26.4 Å². The second-order valence-corrected chi connectivity index (χ2v) is 4.70. The summed E-state index contributed by atoms with van der Waals surface area (Å²) in [6.07, 6.45) is 0. The van der Waals surface area contributed by atoms with E-state index >= 15 is 0 Å². The molecule has 1 amide bonds. The van der Waals surface area contributed by atoms with E-state index in [1.54, 1.807) is 24.3 Å². The number of carbonyl (C=O) groups excluding carboxylic acids is 1. The number of amides is 1. The van der Waals surface area contributed by atoms with E-state index in [4.69, 9.17) is 26.2 Å². The number of rotatable bonds is 4. The number of hydrogen-bond donors (Lipinski definition) is 1. The Labute approximate surface area is 120 Å². The average molecular weight is 300 g/mol. The number of carboxylic acids is 1. The molecular weight excluding hydrogens is 286 g/mol. The quantitative estimate of drug-likeness (QED) is 0.898. The maximum absolute atomic E-state index is 12.0. The highest BCUT2D eigenvalue weighted by Gasteiger charge is 2.32. The molecule has 6 nitrogen and oxygen atoms in total. The Bertz CT molecular complexity index is 490. The van der Waals surface area contributed by atoms with Crippen LogP contribution in [0.4, 0.5) is 0 Å². The number of halogens is 1. The van der Waals surface area contributed by atoms with Gasteiger partial charge in [0.05, 0.1) is 13.2 Å². The van der Waals surface area contributed by atoms with E-state index in [1.807, 2.05) is 0 Å². The average Bonchev–Trinajstić information content (AvgIpc) is 2.46. The van der Waals surface area contributed by atoms with Crippen LogP contribution in [0.1, 0.15) is 0 Å². The minimum absolute atomic E-state index is 0.00200. The molecule has 1 aromatic rings. The largest absolute Gasteiger partial charge is 0.484 e. The molecule has 0 saturated carbocycles. The molecule has 1 atom stereocenters. The van der Waals surface area contributed by atoms with Crippen molar-refractivity contribution in [3.8, 4) is 5.75 Å². The van der Waals surface area contributed by atoms with Gasteiger partial charge in [-0.3, -0.25) is 4.79 Å². The van der Waals surface area contributed by atoms with Crippen molar-refractivity contribution in [2.45, 2.75) is 6.04 Å². The molecular formula is C13H14ClNO5. The lowest BCUT2D eigenvalue weighted by atomic mass is 10.2. The van der Waals surface area contributed by atoms with Gasteiger partial charge < -0.3 is 19.5 Å². The molecule has 0 aliphatic carbocycles. The van der Waals surface area contributed by atoms with Gasteiger partial charge in [0.15, 0.2) is 12.6 Å². The molecule has 108 valence electrons. The third kappa shape index (κ3) is 3.61. The summed E-state index contributed by atoms with van der Waals surface area (Å²) in [6, 6.07) is 5.63. The first-order chi connectivity index (χ1) is 9.58. The fourth-order valence-electron chi connectivity index (χ4n) is 1.87. The molecule has 1 aromatic carbocycles. The molecule has 1 aliphatic rings. The van der Waals surface area contributed by atoms with E-state index in [0.717, 1.165) is 0 Å². The van der Waals surface area contributed by atoms with Gasteiger partial charge in [0.25, 0.3) is 5.91 Å². The van der Waals surface area contributed by atoms with Crippen LogP contribution in [-0.2, 0) is 14.3 Å². The minimum atomic E-state index is -1.08. The molecule has 2 rings (SSSR count). The van der Waals surface area contributed by atoms with Crippen LogP contribution in [0.5, 0.6) is 5.75 Å². The van der Waals surface area contributed by atoms with E-state index in [1.165, 1.54) is 4.90 Å². The summed E-state index contributed by atoms with van der Waals surface area (Å²) in [7, 11) is 0. The first-order valence-electron chi connectivity index (χ1n) is 6.06. The van der Waals surface area contributed by atoms with Crippen LogP contribution in [0.15, 0.2) is 24.3 Å². The molecule has 0 radical (unpaired) electrons. The molecule has 1 fully saturated rings. The molecule has 1 heterocycles. The fourth-order valence-corrected chi connectivity index (χ4v) is 1.99. The summed E-state index contributed by atoms with van der Waals surface area (Å²) in [5.41, 5.74) is 0. The summed E-state index contributed by atoms with van der Waals surface area (Å²) >= 11 is 5.74. The van der Waals surface area contributed by atoms with E-state index in [9.17, 15) is 9.59 Å². The molecule has 0 spiro atoms. The minimum Gasteiger partial charge on any atom is -0.484 e. The van der Waals surface area contributed by atoms with Crippen molar-refractivity contribution in [3.05, 3.63) is 29.3 Å². The van der Waals surface area contributed by atoms with Crippen molar-refractivity contribution in [1.29, 1.82) is 0 Å². The van der Waals surface area contributed by atoms with Gasteiger partial charge in [-0.1, -0.05) is 11.6 Å². The van der Waals surface area contributed by atoms with Gasteiger partial charge in [-0.2, -0.15) is 0 Å². The number of hydrogen-bond acceptors (Lipinski definition) is 4. The van der Waals surface area contributed by atoms with Crippen molar-refractivity contribution in [2.24, 2.45) is 0 Å². The monoisotopic (exact) mass is 299 g/mol. The number of carbonyl (C=O) groups is 2. The Morgan fingerprint density at radius 2 is 2.10 bits per heavy atom. The van der Waals surface area contributed by atoms with Crippen molar-refractivity contribution >= 4 is 23.5 Å². The number of aliphatic carboxylic acids is 1.